The second-order valence-corrected chi connectivity index (χ2v) is 10.0. The Morgan fingerprint density at radius 1 is 1.07 bits per heavy atom. The second kappa shape index (κ2) is 8.02. The Hall–Kier alpha value is -2.00. The average molecular weight is 452 g/mol. The molecule has 5 nitrogen and oxygen atoms in total. The van der Waals surface area contributed by atoms with Gasteiger partial charge in [-0.15, -0.1) is 11.3 Å². The molecule has 0 atom stereocenters. The Kier molecular flexibility index (Phi) is 5.61. The van der Waals surface area contributed by atoms with Gasteiger partial charge in [-0.1, -0.05) is 29.8 Å². The molecule has 0 spiro atoms. The standard InChI is InChI=1S/C20H19ClFN3O2S2/c1-14-2-7-17(22)12-19(14)29(26,27)25-10-8-24(9-11-25)20-23-18(13-28-20)15-3-5-16(21)6-4-15/h2-7,12-13H,8-11H2,1H3. The lowest BCUT2D eigenvalue weighted by molar-refractivity contribution is 0.384. The highest BCUT2D eigenvalue weighted by molar-refractivity contribution is 7.89. The van der Waals surface area contributed by atoms with Gasteiger partial charge in [0.2, 0.25) is 10.0 Å². The monoisotopic (exact) mass is 451 g/mol. The molecule has 0 radical (unpaired) electrons. The van der Waals surface area contributed by atoms with Crippen molar-refractivity contribution in [1.82, 2.24) is 9.29 Å². The summed E-state index contributed by atoms with van der Waals surface area (Å²) in [6.45, 7) is 3.39. The zero-order valence-corrected chi connectivity index (χ0v) is 18.1. The van der Waals surface area contributed by atoms with E-state index in [0.717, 1.165) is 22.5 Å². The molecule has 0 aliphatic carbocycles. The van der Waals surface area contributed by atoms with Crippen LogP contribution in [0.1, 0.15) is 5.56 Å². The van der Waals surface area contributed by atoms with Gasteiger partial charge in [-0.05, 0) is 36.8 Å². The summed E-state index contributed by atoms with van der Waals surface area (Å²) >= 11 is 7.47. The lowest BCUT2D eigenvalue weighted by atomic mass is 10.2. The van der Waals surface area contributed by atoms with Crippen LogP contribution in [0.3, 0.4) is 0 Å². The summed E-state index contributed by atoms with van der Waals surface area (Å²) in [5, 5.41) is 3.52. The fourth-order valence-electron chi connectivity index (χ4n) is 3.27. The largest absolute Gasteiger partial charge is 0.345 e. The van der Waals surface area contributed by atoms with Crippen molar-refractivity contribution in [2.45, 2.75) is 11.8 Å². The molecule has 1 aromatic heterocycles. The highest BCUT2D eigenvalue weighted by atomic mass is 35.5. The Morgan fingerprint density at radius 2 is 1.76 bits per heavy atom. The molecule has 29 heavy (non-hydrogen) atoms. The van der Waals surface area contributed by atoms with E-state index in [9.17, 15) is 12.8 Å². The molecule has 152 valence electrons. The molecule has 4 rings (SSSR count). The van der Waals surface area contributed by atoms with Crippen LogP contribution in [0.4, 0.5) is 9.52 Å². The molecule has 1 fully saturated rings. The van der Waals surface area contributed by atoms with Crippen LogP contribution >= 0.6 is 22.9 Å². The number of hydrogen-bond acceptors (Lipinski definition) is 5. The number of sulfonamides is 1. The highest BCUT2D eigenvalue weighted by Gasteiger charge is 2.30. The van der Waals surface area contributed by atoms with Gasteiger partial charge in [-0.25, -0.2) is 17.8 Å². The smallest absolute Gasteiger partial charge is 0.243 e. The van der Waals surface area contributed by atoms with Crippen molar-refractivity contribution in [2.24, 2.45) is 0 Å². The van der Waals surface area contributed by atoms with Crippen LogP contribution in [0, 0.1) is 12.7 Å². The molecule has 1 saturated heterocycles. The molecule has 1 aliphatic rings. The topological polar surface area (TPSA) is 53.5 Å². The summed E-state index contributed by atoms with van der Waals surface area (Å²) in [7, 11) is -3.73. The van der Waals surface area contributed by atoms with Crippen LogP contribution < -0.4 is 4.90 Å². The van der Waals surface area contributed by atoms with Crippen molar-refractivity contribution in [1.29, 1.82) is 0 Å². The second-order valence-electron chi connectivity index (χ2n) is 6.82. The van der Waals surface area contributed by atoms with Gasteiger partial charge < -0.3 is 4.90 Å². The quantitative estimate of drug-likeness (QED) is 0.589. The lowest BCUT2D eigenvalue weighted by Gasteiger charge is -2.34. The molecular formula is C20H19ClFN3O2S2. The van der Waals surface area contributed by atoms with Crippen LogP contribution in [0.25, 0.3) is 11.3 Å². The molecule has 9 heteroatoms. The third kappa shape index (κ3) is 4.16. The summed E-state index contributed by atoms with van der Waals surface area (Å²) in [5.41, 5.74) is 2.40. The van der Waals surface area contributed by atoms with E-state index in [1.54, 1.807) is 6.92 Å². The van der Waals surface area contributed by atoms with E-state index in [2.05, 4.69) is 9.88 Å². The van der Waals surface area contributed by atoms with Gasteiger partial charge in [0.15, 0.2) is 5.13 Å². The van der Waals surface area contributed by atoms with Gasteiger partial charge in [0.05, 0.1) is 10.6 Å². The van der Waals surface area contributed by atoms with E-state index >= 15 is 0 Å². The lowest BCUT2D eigenvalue weighted by Crippen LogP contribution is -2.48. The van der Waals surface area contributed by atoms with Crippen molar-refractivity contribution in [3.63, 3.8) is 0 Å². The average Bonchev–Trinajstić information content (AvgIpc) is 3.20. The first-order valence-corrected chi connectivity index (χ1v) is 11.8. The van der Waals surface area contributed by atoms with Crippen molar-refractivity contribution < 1.29 is 12.8 Å². The first-order valence-electron chi connectivity index (χ1n) is 9.07. The number of aromatic nitrogens is 1. The number of hydrogen-bond donors (Lipinski definition) is 0. The Balaban J connectivity index is 1.47. The van der Waals surface area contributed by atoms with Gasteiger partial charge in [-0.3, -0.25) is 0 Å². The van der Waals surface area contributed by atoms with Gasteiger partial charge in [0, 0.05) is 42.1 Å². The molecule has 3 aromatic rings. The molecule has 0 saturated carbocycles. The molecular weight excluding hydrogens is 433 g/mol. The van der Waals surface area contributed by atoms with Gasteiger partial charge in [0.1, 0.15) is 5.82 Å². The predicted molar refractivity (Wildman–Crippen MR) is 115 cm³/mol. The highest BCUT2D eigenvalue weighted by Crippen LogP contribution is 2.30. The zero-order valence-electron chi connectivity index (χ0n) is 15.7. The summed E-state index contributed by atoms with van der Waals surface area (Å²) in [6.07, 6.45) is 0. The summed E-state index contributed by atoms with van der Waals surface area (Å²) in [6, 6.07) is 11.4. The molecule has 0 unspecified atom stereocenters. The minimum Gasteiger partial charge on any atom is -0.345 e. The number of piperazine rings is 1. The summed E-state index contributed by atoms with van der Waals surface area (Å²) < 4.78 is 40.9. The van der Waals surface area contributed by atoms with Gasteiger partial charge in [-0.2, -0.15) is 4.31 Å². The summed E-state index contributed by atoms with van der Waals surface area (Å²) in [5.74, 6) is -0.551. The molecule has 2 heterocycles. The number of halogens is 2. The van der Waals surface area contributed by atoms with Crippen molar-refractivity contribution in [3.05, 3.63) is 64.2 Å². The maximum Gasteiger partial charge on any atom is 0.243 e. The van der Waals surface area contributed by atoms with Crippen molar-refractivity contribution in [3.8, 4) is 11.3 Å². The number of thiazole rings is 1. The van der Waals surface area contributed by atoms with E-state index in [0.29, 0.717) is 36.8 Å². The Labute approximate surface area is 178 Å². The normalized spacial score (nSPS) is 15.6. The predicted octanol–water partition coefficient (Wildman–Crippen LogP) is 4.42. The van der Waals surface area contributed by atoms with E-state index in [1.807, 2.05) is 29.6 Å². The Morgan fingerprint density at radius 3 is 2.45 bits per heavy atom. The first-order chi connectivity index (χ1) is 13.8. The van der Waals surface area contributed by atoms with Crippen LogP contribution in [0.15, 0.2) is 52.7 Å². The molecule has 1 aliphatic heterocycles. The van der Waals surface area contributed by atoms with Gasteiger partial charge >= 0.3 is 0 Å². The fourth-order valence-corrected chi connectivity index (χ4v) is 5.95. The molecule has 0 N–H and O–H groups in total. The summed E-state index contributed by atoms with van der Waals surface area (Å²) in [4.78, 5) is 6.80. The third-order valence-corrected chi connectivity index (χ3v) is 8.10. The number of anilines is 1. The molecule has 2 aromatic carbocycles. The maximum absolute atomic E-state index is 13.6. The number of benzene rings is 2. The third-order valence-electron chi connectivity index (χ3n) is 4.91. The van der Waals surface area contributed by atoms with E-state index < -0.39 is 15.8 Å². The minimum atomic E-state index is -3.73. The van der Waals surface area contributed by atoms with E-state index in [1.165, 1.54) is 27.8 Å². The van der Waals surface area contributed by atoms with Crippen molar-refractivity contribution >= 4 is 38.1 Å². The van der Waals surface area contributed by atoms with Crippen LogP contribution in [0.2, 0.25) is 5.02 Å². The fraction of sp³-hybridized carbons (Fsp3) is 0.250. The Bertz CT molecular complexity index is 1120. The van der Waals surface area contributed by atoms with E-state index in [4.69, 9.17) is 11.6 Å². The number of nitrogens with zero attached hydrogens (tertiary/aromatic N) is 3. The first kappa shape index (κ1) is 20.3. The van der Waals surface area contributed by atoms with Gasteiger partial charge in [0.25, 0.3) is 0 Å². The molecule has 0 bridgehead atoms. The van der Waals surface area contributed by atoms with Crippen molar-refractivity contribution in [2.75, 3.05) is 31.1 Å². The SMILES string of the molecule is Cc1ccc(F)cc1S(=O)(=O)N1CCN(c2nc(-c3ccc(Cl)cc3)cs2)CC1. The zero-order chi connectivity index (χ0) is 20.6. The molecule has 0 amide bonds. The number of rotatable bonds is 4. The van der Waals surface area contributed by atoms with Crippen LogP contribution in [-0.2, 0) is 10.0 Å². The van der Waals surface area contributed by atoms with Crippen LogP contribution in [-0.4, -0.2) is 43.9 Å². The van der Waals surface area contributed by atoms with E-state index in [-0.39, 0.29) is 4.90 Å². The van der Waals surface area contributed by atoms with Crippen LogP contribution in [0.5, 0.6) is 0 Å². The maximum atomic E-state index is 13.6. The minimum absolute atomic E-state index is 0.0326. The number of aryl methyl sites for hydroxylation is 1.